The lowest BCUT2D eigenvalue weighted by atomic mass is 10.1. The van der Waals surface area contributed by atoms with E-state index in [-0.39, 0.29) is 19.3 Å². The Hall–Kier alpha value is -2.02. The maximum absolute atomic E-state index is 10.7. The van der Waals surface area contributed by atoms with Crippen LogP contribution in [0.5, 0.6) is 0 Å². The Morgan fingerprint density at radius 1 is 1.17 bits per heavy atom. The van der Waals surface area contributed by atoms with Gasteiger partial charge < -0.3 is 25.4 Å². The molecule has 0 amide bonds. The molecule has 10 nitrogen and oxygen atoms in total. The van der Waals surface area contributed by atoms with Crippen LogP contribution in [-0.2, 0) is 4.74 Å². The minimum atomic E-state index is -1.10. The second-order valence-electron chi connectivity index (χ2n) is 8.97. The smallest absolute Gasteiger partial charge is 0.191 e. The van der Waals surface area contributed by atoms with Gasteiger partial charge in [-0.3, -0.25) is 0 Å². The van der Waals surface area contributed by atoms with Gasteiger partial charge in [0.15, 0.2) is 22.1 Å². The van der Waals surface area contributed by atoms with Gasteiger partial charge in [0.2, 0.25) is 0 Å². The Labute approximate surface area is 212 Å². The highest BCUT2D eigenvalue weighted by Gasteiger charge is 2.45. The lowest BCUT2D eigenvalue weighted by molar-refractivity contribution is -0.0629. The van der Waals surface area contributed by atoms with Crippen LogP contribution >= 0.6 is 23.4 Å². The third-order valence-corrected chi connectivity index (χ3v) is 7.79. The SMILES string of the molecule is CCCSc1nc(NC2CC2c2ccc(Cl)cc2)c2nnn(C3CC(OCCO)C(O)C3O)c2n1. The van der Waals surface area contributed by atoms with Crippen molar-refractivity contribution in [3.05, 3.63) is 34.9 Å². The summed E-state index contributed by atoms with van der Waals surface area (Å²) in [5.41, 5.74) is 2.25. The number of aromatic nitrogens is 5. The average Bonchev–Trinajstić information content (AvgIpc) is 3.40. The van der Waals surface area contributed by atoms with E-state index in [1.54, 1.807) is 16.4 Å². The number of nitrogens with one attached hydrogen (secondary N) is 1. The summed E-state index contributed by atoms with van der Waals surface area (Å²) in [5.74, 6) is 1.84. The third-order valence-electron chi connectivity index (χ3n) is 6.49. The summed E-state index contributed by atoms with van der Waals surface area (Å²) >= 11 is 7.59. The van der Waals surface area contributed by atoms with Crippen LogP contribution in [0, 0.1) is 0 Å². The molecular weight excluding hydrogens is 492 g/mol. The highest BCUT2D eigenvalue weighted by atomic mass is 35.5. The molecule has 3 aromatic rings. The van der Waals surface area contributed by atoms with Gasteiger partial charge in [-0.2, -0.15) is 0 Å². The van der Waals surface area contributed by atoms with Crippen molar-refractivity contribution in [3.63, 3.8) is 0 Å². The van der Waals surface area contributed by atoms with Gasteiger partial charge in [-0.15, -0.1) is 5.10 Å². The Balaban J connectivity index is 1.42. The minimum Gasteiger partial charge on any atom is -0.394 e. The van der Waals surface area contributed by atoms with Crippen molar-refractivity contribution >= 4 is 40.3 Å². The van der Waals surface area contributed by atoms with Crippen LogP contribution in [0.1, 0.15) is 43.7 Å². The molecule has 2 aliphatic carbocycles. The fourth-order valence-electron chi connectivity index (χ4n) is 4.58. The van der Waals surface area contributed by atoms with E-state index in [2.05, 4.69) is 22.6 Å². The van der Waals surface area contributed by atoms with Gasteiger partial charge in [-0.25, -0.2) is 14.6 Å². The summed E-state index contributed by atoms with van der Waals surface area (Å²) < 4.78 is 7.09. The molecule has 188 valence electrons. The number of thioether (sulfide) groups is 1. The van der Waals surface area contributed by atoms with E-state index in [0.29, 0.717) is 39.5 Å². The van der Waals surface area contributed by atoms with Crippen molar-refractivity contribution in [3.8, 4) is 0 Å². The number of aliphatic hydroxyl groups is 3. The molecule has 6 atom stereocenters. The number of halogens is 1. The lowest BCUT2D eigenvalue weighted by Crippen LogP contribution is -2.33. The zero-order valence-electron chi connectivity index (χ0n) is 19.3. The van der Waals surface area contributed by atoms with E-state index in [1.807, 2.05) is 24.3 Å². The van der Waals surface area contributed by atoms with Crippen molar-refractivity contribution < 1.29 is 20.1 Å². The molecule has 0 bridgehead atoms. The first kappa shape index (κ1) is 24.7. The molecule has 0 spiro atoms. The molecule has 2 aliphatic rings. The molecule has 2 aromatic heterocycles. The number of fused-ring (bicyclic) bond motifs is 1. The highest BCUT2D eigenvalue weighted by Crippen LogP contribution is 2.44. The molecule has 4 N–H and O–H groups in total. The molecule has 12 heteroatoms. The largest absolute Gasteiger partial charge is 0.394 e. The Morgan fingerprint density at radius 2 is 1.97 bits per heavy atom. The molecular formula is C23H29ClN6O4S. The number of hydrogen-bond donors (Lipinski definition) is 4. The van der Waals surface area contributed by atoms with Crippen LogP contribution in [0.25, 0.3) is 11.2 Å². The number of aliphatic hydroxyl groups excluding tert-OH is 3. The number of ether oxygens (including phenoxy) is 1. The Kier molecular flexibility index (Phi) is 7.42. The fraction of sp³-hybridized carbons (Fsp3) is 0.565. The van der Waals surface area contributed by atoms with Gasteiger partial charge in [-0.05, 0) is 30.5 Å². The molecule has 5 rings (SSSR count). The zero-order valence-corrected chi connectivity index (χ0v) is 20.9. The highest BCUT2D eigenvalue weighted by molar-refractivity contribution is 7.99. The second kappa shape index (κ2) is 10.5. The van der Waals surface area contributed by atoms with Crippen molar-refractivity contribution in [2.45, 2.75) is 67.7 Å². The summed E-state index contributed by atoms with van der Waals surface area (Å²) in [7, 11) is 0. The first-order valence-electron chi connectivity index (χ1n) is 11.9. The summed E-state index contributed by atoms with van der Waals surface area (Å²) in [6.07, 6.45) is -0.528. The van der Waals surface area contributed by atoms with Crippen LogP contribution in [-0.4, -0.2) is 83.6 Å². The van der Waals surface area contributed by atoms with Crippen LogP contribution in [0.15, 0.2) is 29.4 Å². The first-order valence-corrected chi connectivity index (χ1v) is 13.2. The maximum Gasteiger partial charge on any atom is 0.191 e. The average molecular weight is 521 g/mol. The minimum absolute atomic E-state index is 0.0868. The number of anilines is 1. The molecule has 2 heterocycles. The lowest BCUT2D eigenvalue weighted by Gasteiger charge is -2.17. The number of hydrogen-bond acceptors (Lipinski definition) is 10. The van der Waals surface area contributed by atoms with E-state index < -0.39 is 24.4 Å². The van der Waals surface area contributed by atoms with E-state index in [0.717, 1.165) is 18.6 Å². The number of nitrogens with zero attached hydrogens (tertiary/aromatic N) is 5. The van der Waals surface area contributed by atoms with Crippen LogP contribution in [0.4, 0.5) is 5.82 Å². The topological polar surface area (TPSA) is 138 Å². The van der Waals surface area contributed by atoms with Crippen molar-refractivity contribution in [2.24, 2.45) is 0 Å². The molecule has 0 radical (unpaired) electrons. The standard InChI is InChI=1S/C23H29ClN6O4S/c1-2-9-35-23-26-21(25-15-10-14(15)12-3-5-13(24)6-4-12)18-22(27-23)30(29-28-18)16-11-17(34-8-7-31)20(33)19(16)32/h3-6,14-17,19-20,31-33H,2,7-11H2,1H3,(H,25,26,27). The number of rotatable bonds is 10. The van der Waals surface area contributed by atoms with Gasteiger partial charge in [0.25, 0.3) is 0 Å². The summed E-state index contributed by atoms with van der Waals surface area (Å²) in [6.45, 7) is 2.03. The first-order chi connectivity index (χ1) is 17.0. The zero-order chi connectivity index (χ0) is 24.5. The Bertz CT molecular complexity index is 1160. The van der Waals surface area contributed by atoms with E-state index in [9.17, 15) is 10.2 Å². The molecule has 2 fully saturated rings. The predicted octanol–water partition coefficient (Wildman–Crippen LogP) is 2.39. The predicted molar refractivity (Wildman–Crippen MR) is 133 cm³/mol. The van der Waals surface area contributed by atoms with Crippen LogP contribution in [0.3, 0.4) is 0 Å². The quantitative estimate of drug-likeness (QED) is 0.233. The molecule has 35 heavy (non-hydrogen) atoms. The molecule has 0 aliphatic heterocycles. The monoisotopic (exact) mass is 520 g/mol. The molecule has 0 saturated heterocycles. The van der Waals surface area contributed by atoms with Gasteiger partial charge in [0.1, 0.15) is 12.2 Å². The second-order valence-corrected chi connectivity index (χ2v) is 10.5. The van der Waals surface area contributed by atoms with E-state index in [4.69, 9.17) is 31.4 Å². The van der Waals surface area contributed by atoms with E-state index >= 15 is 0 Å². The van der Waals surface area contributed by atoms with Gasteiger partial charge in [-0.1, -0.05) is 47.6 Å². The molecule has 1 aromatic carbocycles. The van der Waals surface area contributed by atoms with Gasteiger partial charge in [0, 0.05) is 29.2 Å². The van der Waals surface area contributed by atoms with Gasteiger partial charge >= 0.3 is 0 Å². The van der Waals surface area contributed by atoms with Crippen molar-refractivity contribution in [1.29, 1.82) is 0 Å². The fourth-order valence-corrected chi connectivity index (χ4v) is 5.40. The van der Waals surface area contributed by atoms with Crippen molar-refractivity contribution in [1.82, 2.24) is 25.0 Å². The van der Waals surface area contributed by atoms with E-state index in [1.165, 1.54) is 5.56 Å². The van der Waals surface area contributed by atoms with Crippen molar-refractivity contribution in [2.75, 3.05) is 24.3 Å². The third kappa shape index (κ3) is 5.11. The maximum atomic E-state index is 10.7. The summed E-state index contributed by atoms with van der Waals surface area (Å²) in [4.78, 5) is 9.43. The van der Waals surface area contributed by atoms with Gasteiger partial charge in [0.05, 0.1) is 25.4 Å². The van der Waals surface area contributed by atoms with Crippen LogP contribution < -0.4 is 5.32 Å². The Morgan fingerprint density at radius 3 is 2.71 bits per heavy atom. The number of benzene rings is 1. The van der Waals surface area contributed by atoms with Crippen LogP contribution in [0.2, 0.25) is 5.02 Å². The molecule has 2 saturated carbocycles. The molecule has 6 unspecified atom stereocenters. The summed E-state index contributed by atoms with van der Waals surface area (Å²) in [6, 6.07) is 7.54. The summed E-state index contributed by atoms with van der Waals surface area (Å²) in [5, 5.41) is 43.7. The normalized spacial score (nSPS) is 28.0.